The molecule has 4 atom stereocenters. The topological polar surface area (TPSA) is 188 Å². The van der Waals surface area contributed by atoms with Crippen LogP contribution in [0.4, 0.5) is 0 Å². The number of carbonyl (C=O) groups is 4. The van der Waals surface area contributed by atoms with E-state index in [9.17, 15) is 29.4 Å². The molecule has 0 aliphatic carbocycles. The zero-order valence-electron chi connectivity index (χ0n) is 21.2. The normalized spacial score (nSPS) is 17.6. The van der Waals surface area contributed by atoms with Gasteiger partial charge in [-0.15, -0.1) is 0 Å². The van der Waals surface area contributed by atoms with Crippen molar-refractivity contribution < 1.29 is 29.4 Å². The number of unbranched alkanes of at least 4 members (excludes halogenated alkanes) is 1. The summed E-state index contributed by atoms with van der Waals surface area (Å²) < 4.78 is 0. The third kappa shape index (κ3) is 9.52. The lowest BCUT2D eigenvalue weighted by Crippen LogP contribution is -2.57. The first-order valence-corrected chi connectivity index (χ1v) is 13.9. The molecule has 0 saturated carbocycles. The van der Waals surface area contributed by atoms with E-state index in [4.69, 9.17) is 11.5 Å². The number of phenolic OH excluding ortho intramolecular Hbond substituents is 1. The summed E-state index contributed by atoms with van der Waals surface area (Å²) in [6.07, 6.45) is 4.96. The van der Waals surface area contributed by atoms with Crippen LogP contribution in [0.5, 0.6) is 5.75 Å². The summed E-state index contributed by atoms with van der Waals surface area (Å²) in [7, 11) is 0. The molecule has 11 nitrogen and oxygen atoms in total. The Morgan fingerprint density at radius 1 is 1.11 bits per heavy atom. The Hall–Kier alpha value is -2.83. The largest absolute Gasteiger partial charge is 0.508 e. The minimum atomic E-state index is -1.13. The highest BCUT2D eigenvalue weighted by atomic mass is 32.2. The van der Waals surface area contributed by atoms with Crippen LogP contribution in [0.1, 0.15) is 44.1 Å². The molecule has 2 rings (SSSR count). The molecule has 1 saturated heterocycles. The monoisotopic (exact) mass is 537 g/mol. The van der Waals surface area contributed by atoms with Gasteiger partial charge in [0.2, 0.25) is 17.7 Å². The molecule has 1 heterocycles. The second-order valence-corrected chi connectivity index (χ2v) is 10.2. The van der Waals surface area contributed by atoms with Gasteiger partial charge in [0, 0.05) is 6.54 Å². The number of hydrogen-bond acceptors (Lipinski definition) is 8. The van der Waals surface area contributed by atoms with Crippen LogP contribution in [0.2, 0.25) is 0 Å². The maximum atomic E-state index is 13.5. The highest BCUT2D eigenvalue weighted by Crippen LogP contribution is 2.20. The number of aliphatic carboxylic acids is 1. The third-order valence-electron chi connectivity index (χ3n) is 6.35. The fourth-order valence-corrected chi connectivity index (χ4v) is 4.74. The second-order valence-electron chi connectivity index (χ2n) is 9.19. The van der Waals surface area contributed by atoms with Crippen molar-refractivity contribution in [3.05, 3.63) is 29.8 Å². The number of carbonyl (C=O) groups excluding carboxylic acids is 3. The average molecular weight is 538 g/mol. The van der Waals surface area contributed by atoms with Crippen LogP contribution in [0, 0.1) is 0 Å². The highest BCUT2D eigenvalue weighted by molar-refractivity contribution is 7.98. The molecule has 0 bridgehead atoms. The van der Waals surface area contributed by atoms with Gasteiger partial charge >= 0.3 is 5.97 Å². The standard InChI is InChI=1S/C25H39N5O6S/c1-37-14-11-19(28-22(32)18(27)15-16-7-9-17(31)10-8-16)24(34)30-13-4-6-21(30)23(33)29-20(25(35)36)5-2-3-12-26/h7-10,18-21,31H,2-6,11-15,26-27H2,1H3,(H,28,32)(H,29,33)(H,35,36). The Balaban J connectivity index is 2.06. The van der Waals surface area contributed by atoms with Gasteiger partial charge in [-0.1, -0.05) is 12.1 Å². The number of nitrogens with two attached hydrogens (primary N) is 2. The summed E-state index contributed by atoms with van der Waals surface area (Å²) >= 11 is 1.53. The number of hydrogen-bond donors (Lipinski definition) is 6. The number of carboxylic acid groups (broad SMARTS) is 1. The highest BCUT2D eigenvalue weighted by Gasteiger charge is 2.39. The molecule has 0 radical (unpaired) electrons. The van der Waals surface area contributed by atoms with Crippen LogP contribution >= 0.6 is 11.8 Å². The zero-order chi connectivity index (χ0) is 27.4. The SMILES string of the molecule is CSCCC(NC(=O)C(N)Cc1ccc(O)cc1)C(=O)N1CCCC1C(=O)NC(CCCCN)C(=O)O. The van der Waals surface area contributed by atoms with Crippen molar-refractivity contribution in [2.75, 3.05) is 25.1 Å². The Bertz CT molecular complexity index is 915. The molecule has 206 valence electrons. The van der Waals surface area contributed by atoms with Gasteiger partial charge in [0.25, 0.3) is 0 Å². The average Bonchev–Trinajstić information content (AvgIpc) is 3.36. The lowest BCUT2D eigenvalue weighted by atomic mass is 10.0. The minimum Gasteiger partial charge on any atom is -0.508 e. The smallest absolute Gasteiger partial charge is 0.326 e. The van der Waals surface area contributed by atoms with E-state index < -0.39 is 42.0 Å². The lowest BCUT2D eigenvalue weighted by Gasteiger charge is -2.30. The van der Waals surface area contributed by atoms with Crippen molar-refractivity contribution in [2.24, 2.45) is 11.5 Å². The fraction of sp³-hybridized carbons (Fsp3) is 0.600. The van der Waals surface area contributed by atoms with E-state index in [1.54, 1.807) is 12.1 Å². The number of amides is 3. The molecule has 3 amide bonds. The van der Waals surface area contributed by atoms with E-state index >= 15 is 0 Å². The molecule has 1 aromatic carbocycles. The van der Waals surface area contributed by atoms with E-state index in [1.807, 2.05) is 6.26 Å². The van der Waals surface area contributed by atoms with Gasteiger partial charge in [0.05, 0.1) is 6.04 Å². The van der Waals surface area contributed by atoms with E-state index in [2.05, 4.69) is 10.6 Å². The molecule has 4 unspecified atom stereocenters. The number of phenols is 1. The molecule has 1 fully saturated rings. The van der Waals surface area contributed by atoms with Crippen molar-refractivity contribution in [3.63, 3.8) is 0 Å². The molecule has 0 aromatic heterocycles. The van der Waals surface area contributed by atoms with Gasteiger partial charge in [-0.2, -0.15) is 11.8 Å². The number of thioether (sulfide) groups is 1. The van der Waals surface area contributed by atoms with Crippen LogP contribution in [-0.4, -0.2) is 88.1 Å². The van der Waals surface area contributed by atoms with E-state index in [-0.39, 0.29) is 24.5 Å². The molecule has 1 aromatic rings. The van der Waals surface area contributed by atoms with Crippen molar-refractivity contribution in [1.29, 1.82) is 0 Å². The van der Waals surface area contributed by atoms with E-state index in [0.29, 0.717) is 50.9 Å². The van der Waals surface area contributed by atoms with Gasteiger partial charge < -0.3 is 37.2 Å². The van der Waals surface area contributed by atoms with Gasteiger partial charge in [-0.05, 0) is 81.2 Å². The Kier molecular flexibility index (Phi) is 12.7. The second kappa shape index (κ2) is 15.4. The van der Waals surface area contributed by atoms with E-state index in [1.165, 1.54) is 28.8 Å². The molecule has 1 aliphatic heterocycles. The van der Waals surface area contributed by atoms with Gasteiger partial charge in [-0.3, -0.25) is 14.4 Å². The number of rotatable bonds is 15. The molecular formula is C25H39N5O6S. The maximum absolute atomic E-state index is 13.5. The number of carboxylic acids is 1. The third-order valence-corrected chi connectivity index (χ3v) is 7.00. The molecule has 1 aliphatic rings. The predicted octanol–water partition coefficient (Wildman–Crippen LogP) is 0.189. The van der Waals surface area contributed by atoms with Gasteiger partial charge in [-0.25, -0.2) is 4.79 Å². The molecule has 8 N–H and O–H groups in total. The molecule has 12 heteroatoms. The summed E-state index contributed by atoms with van der Waals surface area (Å²) in [5, 5.41) is 24.3. The lowest BCUT2D eigenvalue weighted by molar-refractivity contribution is -0.145. The van der Waals surface area contributed by atoms with Crippen LogP contribution in [0.3, 0.4) is 0 Å². The summed E-state index contributed by atoms with van der Waals surface area (Å²) in [5.74, 6) is -1.79. The Morgan fingerprint density at radius 3 is 2.43 bits per heavy atom. The first kappa shape index (κ1) is 30.4. The summed E-state index contributed by atoms with van der Waals surface area (Å²) in [6.45, 7) is 0.778. The van der Waals surface area contributed by atoms with Crippen molar-refractivity contribution in [1.82, 2.24) is 15.5 Å². The first-order chi connectivity index (χ1) is 17.7. The van der Waals surface area contributed by atoms with Gasteiger partial charge in [0.15, 0.2) is 0 Å². The zero-order valence-corrected chi connectivity index (χ0v) is 22.0. The number of nitrogens with one attached hydrogen (secondary N) is 2. The first-order valence-electron chi connectivity index (χ1n) is 12.5. The number of likely N-dealkylation sites (tertiary alicyclic amines) is 1. The number of benzene rings is 1. The number of nitrogens with zero attached hydrogens (tertiary/aromatic N) is 1. The van der Waals surface area contributed by atoms with Crippen LogP contribution < -0.4 is 22.1 Å². The predicted molar refractivity (Wildman–Crippen MR) is 142 cm³/mol. The summed E-state index contributed by atoms with van der Waals surface area (Å²) in [4.78, 5) is 52.4. The van der Waals surface area contributed by atoms with Crippen LogP contribution in [-0.2, 0) is 25.6 Å². The van der Waals surface area contributed by atoms with Crippen LogP contribution in [0.25, 0.3) is 0 Å². The summed E-state index contributed by atoms with van der Waals surface area (Å²) in [6, 6.07) is 2.74. The van der Waals surface area contributed by atoms with E-state index in [0.717, 1.165) is 5.56 Å². The van der Waals surface area contributed by atoms with Crippen molar-refractivity contribution >= 4 is 35.5 Å². The van der Waals surface area contributed by atoms with Gasteiger partial charge in [0.1, 0.15) is 23.9 Å². The maximum Gasteiger partial charge on any atom is 0.326 e. The number of aromatic hydroxyl groups is 1. The van der Waals surface area contributed by atoms with Crippen LogP contribution in [0.15, 0.2) is 24.3 Å². The quantitative estimate of drug-likeness (QED) is 0.170. The molecule has 0 spiro atoms. The Morgan fingerprint density at radius 2 is 1.81 bits per heavy atom. The molecule has 37 heavy (non-hydrogen) atoms. The molecular weight excluding hydrogens is 498 g/mol. The van der Waals surface area contributed by atoms with Crippen molar-refractivity contribution in [2.45, 2.75) is 69.1 Å². The summed E-state index contributed by atoms with van der Waals surface area (Å²) in [5.41, 5.74) is 12.3. The fourth-order valence-electron chi connectivity index (χ4n) is 4.27. The minimum absolute atomic E-state index is 0.110. The Labute approximate surface area is 221 Å². The van der Waals surface area contributed by atoms with Crippen molar-refractivity contribution in [3.8, 4) is 5.75 Å².